The molecule has 0 aliphatic carbocycles. The number of anilines is 1. The van der Waals surface area contributed by atoms with Gasteiger partial charge in [0.25, 0.3) is 5.91 Å². The monoisotopic (exact) mass is 499 g/mol. The zero-order valence-corrected chi connectivity index (χ0v) is 21.7. The summed E-state index contributed by atoms with van der Waals surface area (Å²) in [4.78, 5) is 28.0. The van der Waals surface area contributed by atoms with E-state index in [9.17, 15) is 22.8 Å². The maximum Gasteiger partial charge on any atom is 0.417 e. The van der Waals surface area contributed by atoms with E-state index in [1.54, 1.807) is 0 Å². The van der Waals surface area contributed by atoms with Crippen molar-refractivity contribution in [3.8, 4) is 6.07 Å². The number of carbonyl (C=O) groups excluding carboxylic acids is 2. The van der Waals surface area contributed by atoms with Gasteiger partial charge >= 0.3 is 12.2 Å². The number of ether oxygens (including phenoxy) is 1. The lowest BCUT2D eigenvalue weighted by molar-refractivity contribution is -0.137. The molecule has 1 aromatic carbocycles. The molecular formula is C23H32F3N3O4Si. The first-order chi connectivity index (χ1) is 15.4. The van der Waals surface area contributed by atoms with E-state index < -0.39 is 43.1 Å². The van der Waals surface area contributed by atoms with E-state index in [0.717, 1.165) is 17.0 Å². The summed E-state index contributed by atoms with van der Waals surface area (Å²) >= 11 is 0. The van der Waals surface area contributed by atoms with E-state index in [1.165, 1.54) is 24.8 Å². The Hall–Kier alpha value is -2.42. The van der Waals surface area contributed by atoms with Crippen molar-refractivity contribution in [3.63, 3.8) is 0 Å². The van der Waals surface area contributed by atoms with Gasteiger partial charge in [-0.2, -0.15) is 18.4 Å². The van der Waals surface area contributed by atoms with Crippen molar-refractivity contribution in [2.24, 2.45) is 0 Å². The van der Waals surface area contributed by atoms with E-state index in [1.807, 2.05) is 0 Å². The van der Waals surface area contributed by atoms with Crippen LogP contribution in [0.1, 0.15) is 45.7 Å². The van der Waals surface area contributed by atoms with Crippen molar-refractivity contribution in [1.82, 2.24) is 4.90 Å². The Kier molecular flexibility index (Phi) is 7.92. The lowest BCUT2D eigenvalue weighted by Crippen LogP contribution is -2.45. The highest BCUT2D eigenvalue weighted by Crippen LogP contribution is 2.38. The number of hydrogen-bond donors (Lipinski definition) is 0. The third-order valence-corrected chi connectivity index (χ3v) is 11.0. The second-order valence-corrected chi connectivity index (χ2v) is 15.0. The second kappa shape index (κ2) is 9.68. The van der Waals surface area contributed by atoms with Gasteiger partial charge in [0.05, 0.1) is 42.7 Å². The fraction of sp³-hybridized carbons (Fsp3) is 0.609. The molecule has 1 aliphatic rings. The van der Waals surface area contributed by atoms with E-state index in [0.29, 0.717) is 19.3 Å². The number of imide groups is 1. The van der Waals surface area contributed by atoms with Crippen LogP contribution >= 0.6 is 0 Å². The molecule has 34 heavy (non-hydrogen) atoms. The molecule has 0 spiro atoms. The molecule has 3 amide bonds. The van der Waals surface area contributed by atoms with Gasteiger partial charge in [0.2, 0.25) is 0 Å². The topological polar surface area (TPSA) is 82.9 Å². The van der Waals surface area contributed by atoms with Crippen LogP contribution in [0.5, 0.6) is 0 Å². The summed E-state index contributed by atoms with van der Waals surface area (Å²) in [5.41, 5.74) is -3.29. The number of halogens is 3. The van der Waals surface area contributed by atoms with E-state index >= 15 is 0 Å². The highest BCUT2D eigenvalue weighted by atomic mass is 28.4. The molecule has 0 bridgehead atoms. The average Bonchev–Trinajstić information content (AvgIpc) is 2.87. The minimum absolute atomic E-state index is 0.0697. The maximum absolute atomic E-state index is 13.4. The van der Waals surface area contributed by atoms with Gasteiger partial charge in [-0.25, -0.2) is 9.69 Å². The van der Waals surface area contributed by atoms with Gasteiger partial charge in [-0.1, -0.05) is 20.8 Å². The summed E-state index contributed by atoms with van der Waals surface area (Å²) in [6, 6.07) is 3.52. The SMILES string of the molecule is CC1(C)C(=O)N(c2ccc(C#N)c(C(F)(F)F)c2)C(=O)N1CCOCCO[Si](C)(C)C(C)(C)C. The fourth-order valence-corrected chi connectivity index (χ4v) is 4.30. The maximum atomic E-state index is 13.4. The van der Waals surface area contributed by atoms with Crippen LogP contribution in [0, 0.1) is 11.3 Å². The van der Waals surface area contributed by atoms with Crippen LogP contribution in [0.25, 0.3) is 0 Å². The molecule has 1 fully saturated rings. The largest absolute Gasteiger partial charge is 0.417 e. The number of nitriles is 1. The summed E-state index contributed by atoms with van der Waals surface area (Å²) in [6.45, 7) is 14.7. The minimum atomic E-state index is -4.80. The number of urea groups is 1. The lowest BCUT2D eigenvalue weighted by Gasteiger charge is -2.36. The minimum Gasteiger partial charge on any atom is -0.414 e. The molecule has 0 unspecified atom stereocenters. The van der Waals surface area contributed by atoms with Gasteiger partial charge < -0.3 is 14.1 Å². The molecular weight excluding hydrogens is 467 g/mol. The molecule has 2 rings (SSSR count). The van der Waals surface area contributed by atoms with Crippen molar-refractivity contribution in [1.29, 1.82) is 5.26 Å². The number of alkyl halides is 3. The van der Waals surface area contributed by atoms with Crippen LogP contribution in [0.2, 0.25) is 18.1 Å². The summed E-state index contributed by atoms with van der Waals surface area (Å²) in [5, 5.41) is 9.05. The van der Waals surface area contributed by atoms with Gasteiger partial charge in [0.15, 0.2) is 8.32 Å². The van der Waals surface area contributed by atoms with Crippen LogP contribution in [0.15, 0.2) is 18.2 Å². The van der Waals surface area contributed by atoms with Crippen molar-refractivity contribution < 1.29 is 31.9 Å². The normalized spacial score (nSPS) is 16.9. The number of carbonyl (C=O) groups is 2. The summed E-state index contributed by atoms with van der Waals surface area (Å²) in [5.74, 6) is -0.656. The second-order valence-electron chi connectivity index (χ2n) is 10.2. The van der Waals surface area contributed by atoms with Crippen molar-refractivity contribution >= 4 is 25.9 Å². The van der Waals surface area contributed by atoms with Gasteiger partial charge in [0.1, 0.15) is 5.54 Å². The third-order valence-electron chi connectivity index (χ3n) is 6.47. The van der Waals surface area contributed by atoms with Crippen LogP contribution in [-0.2, 0) is 20.1 Å². The molecule has 0 N–H and O–H groups in total. The molecule has 0 atom stereocenters. The Bertz CT molecular complexity index is 981. The first-order valence-electron chi connectivity index (χ1n) is 10.9. The van der Waals surface area contributed by atoms with Gasteiger partial charge in [-0.3, -0.25) is 4.79 Å². The van der Waals surface area contributed by atoms with E-state index in [2.05, 4.69) is 33.9 Å². The molecule has 11 heteroatoms. The Morgan fingerprint density at radius 3 is 2.24 bits per heavy atom. The summed E-state index contributed by atoms with van der Waals surface area (Å²) in [6.07, 6.45) is -4.80. The molecule has 0 saturated carbocycles. The Morgan fingerprint density at radius 1 is 1.09 bits per heavy atom. The van der Waals surface area contributed by atoms with Crippen LogP contribution < -0.4 is 4.90 Å². The highest BCUT2D eigenvalue weighted by Gasteiger charge is 2.52. The molecule has 7 nitrogen and oxygen atoms in total. The smallest absolute Gasteiger partial charge is 0.414 e. The lowest BCUT2D eigenvalue weighted by atomic mass is 10.0. The van der Waals surface area contributed by atoms with Gasteiger partial charge in [-0.05, 0) is 50.2 Å². The first kappa shape index (κ1) is 27.8. The summed E-state index contributed by atoms with van der Waals surface area (Å²) in [7, 11) is -1.90. The number of amides is 3. The predicted octanol–water partition coefficient (Wildman–Crippen LogP) is 5.16. The molecule has 188 valence electrons. The van der Waals surface area contributed by atoms with Gasteiger partial charge in [-0.15, -0.1) is 0 Å². The standard InChI is InChI=1S/C23H32F3N3O4Si/c1-21(2,3)34(6,7)33-13-12-32-11-10-28-20(31)29(19(30)22(28,4)5)17-9-8-16(15-27)18(14-17)23(24,25)26/h8-9,14H,10-13H2,1-7H3. The molecule has 0 radical (unpaired) electrons. The van der Waals surface area contributed by atoms with Crippen LogP contribution in [0.3, 0.4) is 0 Å². The predicted molar refractivity (Wildman–Crippen MR) is 124 cm³/mol. The number of rotatable bonds is 8. The molecule has 0 aromatic heterocycles. The highest BCUT2D eigenvalue weighted by molar-refractivity contribution is 6.74. The van der Waals surface area contributed by atoms with E-state index in [-0.39, 0.29) is 23.9 Å². The van der Waals surface area contributed by atoms with Crippen molar-refractivity contribution in [2.75, 3.05) is 31.3 Å². The fourth-order valence-electron chi connectivity index (χ4n) is 3.27. The first-order valence-corrected chi connectivity index (χ1v) is 13.8. The average molecular weight is 500 g/mol. The molecule has 1 heterocycles. The zero-order valence-electron chi connectivity index (χ0n) is 20.7. The molecule has 1 aromatic rings. The van der Waals surface area contributed by atoms with Crippen LogP contribution in [0.4, 0.5) is 23.7 Å². The Balaban J connectivity index is 2.08. The van der Waals surface area contributed by atoms with Gasteiger partial charge in [0, 0.05) is 6.54 Å². The molecule has 1 aliphatic heterocycles. The van der Waals surface area contributed by atoms with Crippen molar-refractivity contribution in [3.05, 3.63) is 29.3 Å². The van der Waals surface area contributed by atoms with Crippen LogP contribution in [-0.4, -0.2) is 57.1 Å². The Morgan fingerprint density at radius 2 is 1.71 bits per heavy atom. The van der Waals surface area contributed by atoms with Crippen molar-refractivity contribution in [2.45, 2.75) is 64.5 Å². The third kappa shape index (κ3) is 5.62. The number of hydrogen-bond acceptors (Lipinski definition) is 5. The number of benzene rings is 1. The zero-order chi connectivity index (χ0) is 26.1. The number of nitrogens with zero attached hydrogens (tertiary/aromatic N) is 3. The van der Waals surface area contributed by atoms with E-state index in [4.69, 9.17) is 14.4 Å². The quantitative estimate of drug-likeness (QED) is 0.280. The Labute approximate surface area is 199 Å². The summed E-state index contributed by atoms with van der Waals surface area (Å²) < 4.78 is 51.7. The molecule has 1 saturated heterocycles.